The Kier molecular flexibility index (Phi) is 4.32. The Morgan fingerprint density at radius 3 is 2.61 bits per heavy atom. The average molecular weight is 381 g/mol. The molecule has 2 N–H and O–H groups in total. The highest BCUT2D eigenvalue weighted by Gasteiger charge is 2.59. The summed E-state index contributed by atoms with van der Waals surface area (Å²) in [4.78, 5) is 2.35. The average Bonchev–Trinajstić information content (AvgIpc) is 3.06. The molecule has 0 aromatic heterocycles. The van der Waals surface area contributed by atoms with Gasteiger partial charge in [-0.3, -0.25) is 0 Å². The lowest BCUT2D eigenvalue weighted by atomic mass is 9.45. The molecule has 5 rings (SSSR count). The molecule has 7 atom stereocenters. The van der Waals surface area contributed by atoms with Gasteiger partial charge in [-0.1, -0.05) is 38.5 Å². The number of aliphatic hydroxyl groups is 1. The lowest BCUT2D eigenvalue weighted by Gasteiger charge is -2.60. The summed E-state index contributed by atoms with van der Waals surface area (Å²) in [5.74, 6) is 2.97. The van der Waals surface area contributed by atoms with E-state index in [1.54, 1.807) is 5.57 Å². The van der Waals surface area contributed by atoms with E-state index >= 15 is 0 Å². The van der Waals surface area contributed by atoms with E-state index in [9.17, 15) is 5.11 Å². The largest absolute Gasteiger partial charge is 0.393 e. The normalized spacial score (nSPS) is 46.9. The molecular formula is C25H36N2O. The van der Waals surface area contributed by atoms with Gasteiger partial charge in [0.2, 0.25) is 0 Å². The lowest BCUT2D eigenvalue weighted by molar-refractivity contribution is -0.0552. The van der Waals surface area contributed by atoms with Crippen LogP contribution >= 0.6 is 0 Å². The van der Waals surface area contributed by atoms with Crippen LogP contribution in [0, 0.1) is 34.5 Å². The summed E-state index contributed by atoms with van der Waals surface area (Å²) >= 11 is 0. The molecule has 152 valence electrons. The Labute approximate surface area is 170 Å². The molecule has 1 aliphatic heterocycles. The van der Waals surface area contributed by atoms with Crippen molar-refractivity contribution in [3.63, 3.8) is 0 Å². The van der Waals surface area contributed by atoms with Crippen molar-refractivity contribution in [3.8, 4) is 0 Å². The van der Waals surface area contributed by atoms with Crippen LogP contribution in [-0.4, -0.2) is 16.1 Å². The van der Waals surface area contributed by atoms with E-state index < -0.39 is 0 Å². The molecule has 2 fully saturated rings. The van der Waals surface area contributed by atoms with Crippen LogP contribution in [-0.2, 0) is 0 Å². The van der Waals surface area contributed by atoms with Crippen molar-refractivity contribution in [1.82, 2.24) is 10.2 Å². The molecule has 1 heterocycles. The Balaban J connectivity index is 1.50. The van der Waals surface area contributed by atoms with Gasteiger partial charge in [0.25, 0.3) is 0 Å². The van der Waals surface area contributed by atoms with Crippen LogP contribution in [0.25, 0.3) is 0 Å². The van der Waals surface area contributed by atoms with Crippen molar-refractivity contribution in [2.24, 2.45) is 34.5 Å². The topological polar surface area (TPSA) is 35.5 Å². The number of nitrogens with one attached hydrogen (secondary N) is 1. The first-order chi connectivity index (χ1) is 13.5. The molecular weight excluding hydrogens is 344 g/mol. The number of hydrogen-bond donors (Lipinski definition) is 2. The fourth-order valence-electron chi connectivity index (χ4n) is 7.66. The van der Waals surface area contributed by atoms with Gasteiger partial charge >= 0.3 is 0 Å². The monoisotopic (exact) mass is 380 g/mol. The quantitative estimate of drug-likeness (QED) is 0.639. The van der Waals surface area contributed by atoms with Gasteiger partial charge in [0.1, 0.15) is 0 Å². The molecule has 0 amide bonds. The predicted molar refractivity (Wildman–Crippen MR) is 114 cm³/mol. The Morgan fingerprint density at radius 1 is 1.11 bits per heavy atom. The second-order valence-corrected chi connectivity index (χ2v) is 10.4. The summed E-state index contributed by atoms with van der Waals surface area (Å²) in [5, 5.41) is 13.5. The zero-order valence-electron chi connectivity index (χ0n) is 17.7. The van der Waals surface area contributed by atoms with Crippen LogP contribution in [0.15, 0.2) is 48.2 Å². The summed E-state index contributed by atoms with van der Waals surface area (Å²) in [7, 11) is 0. The molecule has 28 heavy (non-hydrogen) atoms. The minimum Gasteiger partial charge on any atom is -0.393 e. The maximum Gasteiger partial charge on any atom is 0.0577 e. The summed E-state index contributed by atoms with van der Waals surface area (Å²) in [5.41, 5.74) is 3.69. The second-order valence-electron chi connectivity index (χ2n) is 10.4. The molecule has 0 aromatic carbocycles. The first-order valence-corrected chi connectivity index (χ1v) is 11.4. The first kappa shape index (κ1) is 18.5. The zero-order chi connectivity index (χ0) is 19.5. The third kappa shape index (κ3) is 2.51. The van der Waals surface area contributed by atoms with Crippen molar-refractivity contribution in [3.05, 3.63) is 48.2 Å². The first-order valence-electron chi connectivity index (χ1n) is 11.4. The van der Waals surface area contributed by atoms with Gasteiger partial charge in [0.15, 0.2) is 0 Å². The predicted octanol–water partition coefficient (Wildman–Crippen LogP) is 5.29. The number of aliphatic hydroxyl groups excluding tert-OH is 1. The molecule has 0 radical (unpaired) electrons. The fraction of sp³-hybridized carbons (Fsp3) is 0.680. The van der Waals surface area contributed by atoms with Crippen LogP contribution in [0.1, 0.15) is 65.7 Å². The maximum atomic E-state index is 10.3. The van der Waals surface area contributed by atoms with Gasteiger partial charge in [-0.15, -0.1) is 0 Å². The number of allylic oxidation sites excluding steroid dienone is 3. The maximum absolute atomic E-state index is 10.3. The van der Waals surface area contributed by atoms with E-state index in [0.29, 0.717) is 11.3 Å². The van der Waals surface area contributed by atoms with E-state index in [2.05, 4.69) is 55.5 Å². The van der Waals surface area contributed by atoms with Crippen molar-refractivity contribution >= 4 is 0 Å². The van der Waals surface area contributed by atoms with Crippen LogP contribution in [0.4, 0.5) is 0 Å². The van der Waals surface area contributed by atoms with E-state index in [1.807, 2.05) is 12.4 Å². The molecule has 0 saturated heterocycles. The molecule has 4 aliphatic carbocycles. The van der Waals surface area contributed by atoms with E-state index in [-0.39, 0.29) is 11.5 Å². The highest BCUT2D eigenvalue weighted by Crippen LogP contribution is 2.66. The highest BCUT2D eigenvalue weighted by atomic mass is 16.3. The Hall–Kier alpha value is -1.48. The fourth-order valence-corrected chi connectivity index (χ4v) is 7.66. The number of rotatable bonds is 2. The minimum absolute atomic E-state index is 0.117. The van der Waals surface area contributed by atoms with Crippen molar-refractivity contribution in [2.45, 2.75) is 71.8 Å². The molecule has 3 heteroatoms. The van der Waals surface area contributed by atoms with Crippen LogP contribution in [0.3, 0.4) is 0 Å². The highest BCUT2D eigenvalue weighted by molar-refractivity contribution is 5.32. The van der Waals surface area contributed by atoms with Crippen LogP contribution < -0.4 is 5.32 Å². The molecule has 2 saturated carbocycles. The molecule has 0 spiro atoms. The molecule has 0 bridgehead atoms. The van der Waals surface area contributed by atoms with Crippen molar-refractivity contribution in [2.75, 3.05) is 0 Å². The van der Waals surface area contributed by atoms with Gasteiger partial charge in [-0.05, 0) is 74.0 Å². The summed E-state index contributed by atoms with van der Waals surface area (Å²) in [6, 6.07) is 0. The van der Waals surface area contributed by atoms with Crippen molar-refractivity contribution < 1.29 is 5.11 Å². The number of fused-ring (bicyclic) bond motifs is 5. The molecule has 3 nitrogen and oxygen atoms in total. The summed E-state index contributed by atoms with van der Waals surface area (Å²) < 4.78 is 0. The SMILES string of the molecule is CC[C@H]1C=C2C[C@@H](O)CC[C@]2(C)[C@H]2CC[C@]3(C)C(N4C=CNC=C4)=CC[C@H]3[C@H]12. The zero-order valence-corrected chi connectivity index (χ0v) is 17.7. The van der Waals surface area contributed by atoms with Crippen LogP contribution in [0.2, 0.25) is 0 Å². The third-order valence-corrected chi connectivity index (χ3v) is 9.20. The molecule has 5 aliphatic rings. The minimum atomic E-state index is -0.117. The summed E-state index contributed by atoms with van der Waals surface area (Å²) in [6.07, 6.45) is 21.6. The third-order valence-electron chi connectivity index (χ3n) is 9.20. The lowest BCUT2D eigenvalue weighted by Crippen LogP contribution is -2.53. The van der Waals surface area contributed by atoms with E-state index in [4.69, 9.17) is 0 Å². The van der Waals surface area contributed by atoms with Crippen molar-refractivity contribution in [1.29, 1.82) is 0 Å². The molecule has 0 unspecified atom stereocenters. The Morgan fingerprint density at radius 2 is 1.86 bits per heavy atom. The molecule has 0 aromatic rings. The van der Waals surface area contributed by atoms with Gasteiger partial charge in [0.05, 0.1) is 6.10 Å². The Bertz CT molecular complexity index is 753. The second kappa shape index (κ2) is 6.52. The summed E-state index contributed by atoms with van der Waals surface area (Å²) in [6.45, 7) is 7.44. The van der Waals surface area contributed by atoms with Gasteiger partial charge in [0, 0.05) is 35.9 Å². The van der Waals surface area contributed by atoms with Gasteiger partial charge < -0.3 is 15.3 Å². The smallest absolute Gasteiger partial charge is 0.0577 e. The van der Waals surface area contributed by atoms with E-state index in [0.717, 1.165) is 30.6 Å². The van der Waals surface area contributed by atoms with E-state index in [1.165, 1.54) is 37.8 Å². The van der Waals surface area contributed by atoms with Crippen LogP contribution in [0.5, 0.6) is 0 Å². The number of hydrogen-bond acceptors (Lipinski definition) is 3. The standard InChI is InChI=1S/C25H36N2O/c1-4-17-15-18-16-19(28)7-9-24(18,2)21-8-10-25(3)20(23(17)21)5-6-22(25)27-13-11-26-12-14-27/h6,11-15,17,19-21,23,26,28H,4-5,7-10,16H2,1-3H3/t17-,19-,20-,21-,23-,24-,25-/m0/s1. The number of nitrogens with zero attached hydrogens (tertiary/aromatic N) is 1. The van der Waals surface area contributed by atoms with Gasteiger partial charge in [-0.2, -0.15) is 0 Å². The van der Waals surface area contributed by atoms with Gasteiger partial charge in [-0.25, -0.2) is 0 Å².